The van der Waals surface area contributed by atoms with Crippen LogP contribution in [0.2, 0.25) is 0 Å². The van der Waals surface area contributed by atoms with Crippen molar-refractivity contribution in [1.82, 2.24) is 5.32 Å². The quantitative estimate of drug-likeness (QED) is 0.681. The fraction of sp³-hybridized carbons (Fsp3) is 0.455. The maximum Gasteiger partial charge on any atom is 0.416 e. The SMILES string of the molecule is CCCC[N]c1ccc(C(F)(F)F)cc1. The summed E-state index contributed by atoms with van der Waals surface area (Å²) >= 11 is 0. The Morgan fingerprint density at radius 2 is 1.73 bits per heavy atom. The molecule has 1 aromatic rings. The molecule has 0 aromatic heterocycles. The Labute approximate surface area is 87.3 Å². The first-order valence-corrected chi connectivity index (χ1v) is 4.89. The van der Waals surface area contributed by atoms with Crippen LogP contribution in [0.4, 0.5) is 18.9 Å². The number of rotatable bonds is 4. The molecule has 0 N–H and O–H groups in total. The smallest absolute Gasteiger partial charge is 0.285 e. The molecule has 0 aliphatic rings. The maximum atomic E-state index is 12.2. The normalized spacial score (nSPS) is 11.5. The maximum absolute atomic E-state index is 12.2. The fourth-order valence-electron chi connectivity index (χ4n) is 1.12. The summed E-state index contributed by atoms with van der Waals surface area (Å²) in [4.78, 5) is 0. The lowest BCUT2D eigenvalue weighted by atomic mass is 10.2. The standard InChI is InChI=1S/C11H13F3N/c1-2-3-8-15-10-6-4-9(5-7-10)11(12,13)14/h4-7H,2-3,8H2,1H3. The zero-order chi connectivity index (χ0) is 11.3. The molecule has 0 fully saturated rings. The van der Waals surface area contributed by atoms with E-state index in [1.54, 1.807) is 0 Å². The molecule has 0 aliphatic carbocycles. The first-order valence-electron chi connectivity index (χ1n) is 4.89. The van der Waals surface area contributed by atoms with Gasteiger partial charge >= 0.3 is 6.18 Å². The molecule has 0 atom stereocenters. The highest BCUT2D eigenvalue weighted by Gasteiger charge is 2.29. The topological polar surface area (TPSA) is 14.1 Å². The number of benzene rings is 1. The molecular formula is C11H13F3N. The highest BCUT2D eigenvalue weighted by atomic mass is 19.4. The highest BCUT2D eigenvalue weighted by molar-refractivity contribution is 5.38. The number of unbranched alkanes of at least 4 members (excludes halogenated alkanes) is 1. The van der Waals surface area contributed by atoms with Crippen molar-refractivity contribution >= 4 is 5.69 Å². The molecular weight excluding hydrogens is 203 g/mol. The lowest BCUT2D eigenvalue weighted by Crippen LogP contribution is -2.05. The molecule has 0 bridgehead atoms. The molecule has 0 heterocycles. The Bertz CT molecular complexity index is 290. The van der Waals surface area contributed by atoms with Crippen LogP contribution in [0.25, 0.3) is 0 Å². The van der Waals surface area contributed by atoms with Crippen LogP contribution < -0.4 is 5.32 Å². The second-order valence-electron chi connectivity index (χ2n) is 3.28. The zero-order valence-corrected chi connectivity index (χ0v) is 8.51. The molecule has 1 aromatic carbocycles. The Morgan fingerprint density at radius 1 is 1.13 bits per heavy atom. The lowest BCUT2D eigenvalue weighted by molar-refractivity contribution is -0.137. The zero-order valence-electron chi connectivity index (χ0n) is 8.51. The van der Waals surface area contributed by atoms with Crippen molar-refractivity contribution in [3.05, 3.63) is 29.8 Å². The molecule has 15 heavy (non-hydrogen) atoms. The van der Waals surface area contributed by atoms with Gasteiger partial charge in [-0.25, -0.2) is 0 Å². The third-order valence-corrected chi connectivity index (χ3v) is 2.00. The molecule has 83 valence electrons. The van der Waals surface area contributed by atoms with Crippen LogP contribution in [0.15, 0.2) is 24.3 Å². The van der Waals surface area contributed by atoms with Crippen molar-refractivity contribution in [2.45, 2.75) is 25.9 Å². The Morgan fingerprint density at radius 3 is 2.20 bits per heavy atom. The van der Waals surface area contributed by atoms with Crippen molar-refractivity contribution in [1.29, 1.82) is 0 Å². The van der Waals surface area contributed by atoms with Crippen molar-refractivity contribution < 1.29 is 13.2 Å². The summed E-state index contributed by atoms with van der Waals surface area (Å²) < 4.78 is 36.6. The number of hydrogen-bond donors (Lipinski definition) is 0. The van der Waals surface area contributed by atoms with E-state index in [1.807, 2.05) is 6.92 Å². The van der Waals surface area contributed by atoms with Gasteiger partial charge in [-0.1, -0.05) is 13.3 Å². The van der Waals surface area contributed by atoms with Gasteiger partial charge in [-0.15, -0.1) is 0 Å². The van der Waals surface area contributed by atoms with E-state index >= 15 is 0 Å². The van der Waals surface area contributed by atoms with Gasteiger partial charge in [0.05, 0.1) is 11.3 Å². The van der Waals surface area contributed by atoms with E-state index in [2.05, 4.69) is 5.32 Å². The molecule has 0 spiro atoms. The molecule has 4 heteroatoms. The number of alkyl halides is 3. The fourth-order valence-corrected chi connectivity index (χ4v) is 1.12. The summed E-state index contributed by atoms with van der Waals surface area (Å²) in [5, 5.41) is 4.15. The van der Waals surface area contributed by atoms with Crippen LogP contribution in [0.1, 0.15) is 25.3 Å². The highest BCUT2D eigenvalue weighted by Crippen LogP contribution is 2.29. The minimum atomic E-state index is -4.26. The van der Waals surface area contributed by atoms with Crippen LogP contribution in [0, 0.1) is 0 Å². The molecule has 1 rings (SSSR count). The predicted octanol–water partition coefficient (Wildman–Crippen LogP) is 3.74. The molecule has 0 saturated heterocycles. The van der Waals surface area contributed by atoms with Crippen LogP contribution in [-0.2, 0) is 6.18 Å². The van der Waals surface area contributed by atoms with Crippen LogP contribution in [0.5, 0.6) is 0 Å². The van der Waals surface area contributed by atoms with E-state index in [1.165, 1.54) is 12.1 Å². The number of hydrogen-bond acceptors (Lipinski definition) is 0. The summed E-state index contributed by atoms with van der Waals surface area (Å²) in [7, 11) is 0. The van der Waals surface area contributed by atoms with Crippen molar-refractivity contribution in [3.63, 3.8) is 0 Å². The first kappa shape index (κ1) is 11.9. The van der Waals surface area contributed by atoms with E-state index in [0.717, 1.165) is 25.0 Å². The average Bonchev–Trinajstić information content (AvgIpc) is 2.18. The van der Waals surface area contributed by atoms with Crippen LogP contribution >= 0.6 is 0 Å². The Hall–Kier alpha value is -1.19. The minimum absolute atomic E-state index is 0.608. The number of halogens is 3. The third kappa shape index (κ3) is 3.81. The summed E-state index contributed by atoms with van der Waals surface area (Å²) in [5.74, 6) is 0. The van der Waals surface area contributed by atoms with E-state index in [-0.39, 0.29) is 0 Å². The van der Waals surface area contributed by atoms with Crippen LogP contribution in [-0.4, -0.2) is 6.54 Å². The molecule has 1 nitrogen and oxygen atoms in total. The van der Waals surface area contributed by atoms with Crippen molar-refractivity contribution in [2.75, 3.05) is 6.54 Å². The van der Waals surface area contributed by atoms with Gasteiger partial charge in [0.15, 0.2) is 0 Å². The first-order chi connectivity index (χ1) is 7.04. The molecule has 0 saturated carbocycles. The van der Waals surface area contributed by atoms with Gasteiger partial charge in [0, 0.05) is 6.54 Å². The third-order valence-electron chi connectivity index (χ3n) is 2.00. The molecule has 0 aliphatic heterocycles. The van der Waals surface area contributed by atoms with E-state index in [0.29, 0.717) is 12.2 Å². The summed E-state index contributed by atoms with van der Waals surface area (Å²) in [5.41, 5.74) is -0.0200. The monoisotopic (exact) mass is 216 g/mol. The largest absolute Gasteiger partial charge is 0.416 e. The molecule has 0 unspecified atom stereocenters. The van der Waals surface area contributed by atoms with Crippen LogP contribution in [0.3, 0.4) is 0 Å². The average molecular weight is 216 g/mol. The van der Waals surface area contributed by atoms with E-state index < -0.39 is 11.7 Å². The molecule has 0 amide bonds. The van der Waals surface area contributed by atoms with Gasteiger partial charge in [-0.2, -0.15) is 13.2 Å². The summed E-state index contributed by atoms with van der Waals surface area (Å²) in [6.07, 6.45) is -2.27. The van der Waals surface area contributed by atoms with E-state index in [4.69, 9.17) is 0 Å². The Balaban J connectivity index is 2.57. The van der Waals surface area contributed by atoms with Gasteiger partial charge in [-0.05, 0) is 30.7 Å². The van der Waals surface area contributed by atoms with Crippen molar-refractivity contribution in [3.8, 4) is 0 Å². The summed E-state index contributed by atoms with van der Waals surface area (Å²) in [6.45, 7) is 2.71. The lowest BCUT2D eigenvalue weighted by Gasteiger charge is -2.07. The van der Waals surface area contributed by atoms with Gasteiger partial charge in [0.25, 0.3) is 0 Å². The van der Waals surface area contributed by atoms with Gasteiger partial charge < -0.3 is 0 Å². The second kappa shape index (κ2) is 5.05. The Kier molecular flexibility index (Phi) is 4.00. The second-order valence-corrected chi connectivity index (χ2v) is 3.28. The van der Waals surface area contributed by atoms with Gasteiger partial charge in [0.1, 0.15) is 0 Å². The van der Waals surface area contributed by atoms with Gasteiger partial charge in [0.2, 0.25) is 0 Å². The van der Waals surface area contributed by atoms with E-state index in [9.17, 15) is 13.2 Å². The van der Waals surface area contributed by atoms with Gasteiger partial charge in [-0.3, -0.25) is 5.32 Å². The van der Waals surface area contributed by atoms with Crippen molar-refractivity contribution in [2.24, 2.45) is 0 Å². The predicted molar refractivity (Wildman–Crippen MR) is 53.0 cm³/mol. The molecule has 1 radical (unpaired) electrons. The minimum Gasteiger partial charge on any atom is -0.285 e. The summed E-state index contributed by atoms with van der Waals surface area (Å²) in [6, 6.07) is 4.92. The number of nitrogens with zero attached hydrogens (tertiary/aromatic N) is 1.